The predicted molar refractivity (Wildman–Crippen MR) is 107 cm³/mol. The Balaban J connectivity index is 1.45. The number of carbonyl (C=O) groups is 2. The predicted octanol–water partition coefficient (Wildman–Crippen LogP) is 2.80. The molecule has 0 radical (unpaired) electrons. The zero-order chi connectivity index (χ0) is 20.4. The third kappa shape index (κ3) is 4.34. The van der Waals surface area contributed by atoms with Gasteiger partial charge in [-0.1, -0.05) is 0 Å². The number of carbonyl (C=O) groups excluding carboxylic acids is 1. The minimum absolute atomic E-state index is 0.0783. The van der Waals surface area contributed by atoms with E-state index in [1.54, 1.807) is 23.1 Å². The highest BCUT2D eigenvalue weighted by molar-refractivity contribution is 5.93. The second-order valence-electron chi connectivity index (χ2n) is 7.35. The van der Waals surface area contributed by atoms with E-state index in [1.807, 2.05) is 25.4 Å². The van der Waals surface area contributed by atoms with E-state index in [-0.39, 0.29) is 17.9 Å². The number of pyridine rings is 2. The van der Waals surface area contributed by atoms with Crippen LogP contribution in [0.5, 0.6) is 0 Å². The molecule has 0 spiro atoms. The molecule has 2 amide bonds. The van der Waals surface area contributed by atoms with Crippen LogP contribution in [0.3, 0.4) is 0 Å². The molecule has 150 valence electrons. The molecule has 3 N–H and O–H groups in total. The highest BCUT2D eigenvalue weighted by atomic mass is 16.4. The average molecular weight is 394 g/mol. The van der Waals surface area contributed by atoms with E-state index in [4.69, 9.17) is 5.11 Å². The molecular weight excluding hydrogens is 372 g/mol. The van der Waals surface area contributed by atoms with Crippen LogP contribution in [-0.2, 0) is 11.8 Å². The number of hydrogen-bond acceptors (Lipinski definition) is 5. The van der Waals surface area contributed by atoms with Gasteiger partial charge in [-0.25, -0.2) is 14.8 Å². The molecule has 9 nitrogen and oxygen atoms in total. The number of nitrogens with one attached hydrogen (secondary N) is 2. The van der Waals surface area contributed by atoms with Crippen molar-refractivity contribution >= 4 is 28.7 Å². The van der Waals surface area contributed by atoms with Crippen LogP contribution in [0, 0.1) is 5.92 Å². The highest BCUT2D eigenvalue weighted by Gasteiger charge is 2.27. The summed E-state index contributed by atoms with van der Waals surface area (Å²) < 4.78 is 1.72. The van der Waals surface area contributed by atoms with Gasteiger partial charge in [-0.05, 0) is 37.8 Å². The number of hydrogen-bond donors (Lipinski definition) is 3. The summed E-state index contributed by atoms with van der Waals surface area (Å²) in [6.07, 6.45) is 6.94. The Labute approximate surface area is 167 Å². The maximum Gasteiger partial charge on any atom is 0.404 e. The van der Waals surface area contributed by atoms with Crippen molar-refractivity contribution < 1.29 is 14.7 Å². The molecule has 4 rings (SSSR count). The molecule has 0 bridgehead atoms. The zero-order valence-electron chi connectivity index (χ0n) is 16.0. The number of amides is 2. The minimum Gasteiger partial charge on any atom is -0.465 e. The Morgan fingerprint density at radius 1 is 1.17 bits per heavy atom. The van der Waals surface area contributed by atoms with Crippen molar-refractivity contribution in [2.75, 3.05) is 5.32 Å². The van der Waals surface area contributed by atoms with Gasteiger partial charge < -0.3 is 15.7 Å². The quantitative estimate of drug-likeness (QED) is 0.625. The summed E-state index contributed by atoms with van der Waals surface area (Å²) in [6.45, 7) is 0. The van der Waals surface area contributed by atoms with E-state index in [1.165, 1.54) is 0 Å². The smallest absolute Gasteiger partial charge is 0.404 e. The Morgan fingerprint density at radius 3 is 2.66 bits per heavy atom. The third-order valence-corrected chi connectivity index (χ3v) is 5.25. The maximum absolute atomic E-state index is 12.6. The molecule has 0 atom stereocenters. The Morgan fingerprint density at radius 2 is 1.97 bits per heavy atom. The second kappa shape index (κ2) is 7.86. The second-order valence-corrected chi connectivity index (χ2v) is 7.35. The summed E-state index contributed by atoms with van der Waals surface area (Å²) in [6, 6.07) is 5.55. The lowest BCUT2D eigenvalue weighted by Crippen LogP contribution is -2.38. The van der Waals surface area contributed by atoms with Gasteiger partial charge in [0, 0.05) is 48.4 Å². The van der Waals surface area contributed by atoms with Gasteiger partial charge in [0.1, 0.15) is 5.82 Å². The first-order valence-corrected chi connectivity index (χ1v) is 9.54. The van der Waals surface area contributed by atoms with Crippen molar-refractivity contribution in [2.24, 2.45) is 13.0 Å². The summed E-state index contributed by atoms with van der Waals surface area (Å²) in [5, 5.41) is 19.2. The van der Waals surface area contributed by atoms with Crippen LogP contribution < -0.4 is 10.6 Å². The van der Waals surface area contributed by atoms with Crippen LogP contribution in [0.2, 0.25) is 0 Å². The lowest BCUT2D eigenvalue weighted by atomic mass is 9.85. The van der Waals surface area contributed by atoms with E-state index >= 15 is 0 Å². The molecule has 0 aliphatic heterocycles. The number of fused-ring (bicyclic) bond motifs is 1. The third-order valence-electron chi connectivity index (χ3n) is 5.25. The lowest BCUT2D eigenvalue weighted by Gasteiger charge is -2.27. The van der Waals surface area contributed by atoms with Crippen LogP contribution in [-0.4, -0.2) is 42.9 Å². The molecule has 3 aromatic rings. The fourth-order valence-corrected chi connectivity index (χ4v) is 3.70. The van der Waals surface area contributed by atoms with Crippen molar-refractivity contribution in [1.29, 1.82) is 0 Å². The summed E-state index contributed by atoms with van der Waals surface area (Å²) in [7, 11) is 1.85. The van der Waals surface area contributed by atoms with E-state index < -0.39 is 6.09 Å². The molecule has 29 heavy (non-hydrogen) atoms. The fourth-order valence-electron chi connectivity index (χ4n) is 3.70. The summed E-state index contributed by atoms with van der Waals surface area (Å²) in [4.78, 5) is 32.3. The largest absolute Gasteiger partial charge is 0.465 e. The number of carboxylic acid groups (broad SMARTS) is 1. The van der Waals surface area contributed by atoms with E-state index in [0.717, 1.165) is 22.2 Å². The Kier molecular flexibility index (Phi) is 5.11. The normalized spacial score (nSPS) is 19.1. The van der Waals surface area contributed by atoms with E-state index in [9.17, 15) is 9.59 Å². The summed E-state index contributed by atoms with van der Waals surface area (Å²) >= 11 is 0. The molecular formula is C20H22N6O3. The molecule has 1 saturated carbocycles. The molecule has 3 heterocycles. The SMILES string of the molecule is Cn1cc(-c2ccc3cnc(NC(=O)C4CCC(NC(=O)O)CC4)cc3n2)cn1. The van der Waals surface area contributed by atoms with Crippen molar-refractivity contribution in [2.45, 2.75) is 31.7 Å². The molecule has 3 aromatic heterocycles. The Hall–Kier alpha value is -3.49. The fraction of sp³-hybridized carbons (Fsp3) is 0.350. The van der Waals surface area contributed by atoms with Crippen molar-refractivity contribution in [1.82, 2.24) is 25.1 Å². The molecule has 9 heteroatoms. The topological polar surface area (TPSA) is 122 Å². The molecule has 0 saturated heterocycles. The van der Waals surface area contributed by atoms with Gasteiger partial charge in [0.2, 0.25) is 5.91 Å². The van der Waals surface area contributed by atoms with Gasteiger partial charge in [-0.2, -0.15) is 5.10 Å². The standard InChI is InChI=1S/C20H22N6O3/c1-26-11-14(10-22-26)16-7-4-13-9-21-18(8-17(13)24-16)25-19(27)12-2-5-15(6-3-12)23-20(28)29/h4,7-12,15,23H,2-3,5-6H2,1H3,(H,28,29)(H,21,25,27). The molecule has 0 aromatic carbocycles. The summed E-state index contributed by atoms with van der Waals surface area (Å²) in [5.41, 5.74) is 2.47. The van der Waals surface area contributed by atoms with Crippen LogP contribution in [0.1, 0.15) is 25.7 Å². The van der Waals surface area contributed by atoms with Crippen molar-refractivity contribution in [3.63, 3.8) is 0 Å². The van der Waals surface area contributed by atoms with Crippen LogP contribution >= 0.6 is 0 Å². The summed E-state index contributed by atoms with van der Waals surface area (Å²) in [5.74, 6) is 0.229. The van der Waals surface area contributed by atoms with E-state index in [0.29, 0.717) is 31.5 Å². The maximum atomic E-state index is 12.6. The van der Waals surface area contributed by atoms with Gasteiger partial charge in [-0.15, -0.1) is 0 Å². The molecule has 0 unspecified atom stereocenters. The van der Waals surface area contributed by atoms with Crippen LogP contribution in [0.25, 0.3) is 22.2 Å². The zero-order valence-corrected chi connectivity index (χ0v) is 16.0. The number of anilines is 1. The Bertz CT molecular complexity index is 1060. The molecule has 1 aliphatic rings. The van der Waals surface area contributed by atoms with Gasteiger partial charge >= 0.3 is 6.09 Å². The van der Waals surface area contributed by atoms with Gasteiger partial charge in [0.25, 0.3) is 0 Å². The van der Waals surface area contributed by atoms with Crippen molar-refractivity contribution in [3.05, 3.63) is 36.8 Å². The lowest BCUT2D eigenvalue weighted by molar-refractivity contribution is -0.120. The monoisotopic (exact) mass is 394 g/mol. The van der Waals surface area contributed by atoms with Gasteiger partial charge in [0.15, 0.2) is 0 Å². The first-order valence-electron chi connectivity index (χ1n) is 9.54. The number of aromatic nitrogens is 4. The van der Waals surface area contributed by atoms with Gasteiger partial charge in [-0.3, -0.25) is 9.48 Å². The number of aryl methyl sites for hydroxylation is 1. The average Bonchev–Trinajstić information content (AvgIpc) is 3.14. The van der Waals surface area contributed by atoms with Crippen LogP contribution in [0.4, 0.5) is 10.6 Å². The highest BCUT2D eigenvalue weighted by Crippen LogP contribution is 2.26. The number of nitrogens with zero attached hydrogens (tertiary/aromatic N) is 4. The minimum atomic E-state index is -1.02. The van der Waals surface area contributed by atoms with Crippen molar-refractivity contribution in [3.8, 4) is 11.3 Å². The number of rotatable bonds is 4. The van der Waals surface area contributed by atoms with E-state index in [2.05, 4.69) is 25.7 Å². The van der Waals surface area contributed by atoms with Crippen LogP contribution in [0.15, 0.2) is 36.8 Å². The molecule has 1 aliphatic carbocycles. The first kappa shape index (κ1) is 18.9. The van der Waals surface area contributed by atoms with Gasteiger partial charge in [0.05, 0.1) is 17.4 Å². The first-order chi connectivity index (χ1) is 14.0. The molecule has 1 fully saturated rings.